The number of ketones is 1. The highest BCUT2D eigenvalue weighted by molar-refractivity contribution is 6.06. The van der Waals surface area contributed by atoms with Crippen molar-refractivity contribution in [3.8, 4) is 5.75 Å². The number of benzene rings is 2. The van der Waals surface area contributed by atoms with Crippen LogP contribution in [0, 0.1) is 0 Å². The lowest BCUT2D eigenvalue weighted by atomic mass is 10.1. The van der Waals surface area contributed by atoms with Crippen molar-refractivity contribution in [3.63, 3.8) is 0 Å². The van der Waals surface area contributed by atoms with Gasteiger partial charge < -0.3 is 9.15 Å². The lowest BCUT2D eigenvalue weighted by Crippen LogP contribution is -2.06. The number of esters is 1. The molecule has 1 aromatic heterocycles. The van der Waals surface area contributed by atoms with Gasteiger partial charge in [-0.2, -0.15) is 0 Å². The van der Waals surface area contributed by atoms with Crippen LogP contribution in [0.5, 0.6) is 5.75 Å². The van der Waals surface area contributed by atoms with E-state index in [-0.39, 0.29) is 11.5 Å². The number of allylic oxidation sites excluding steroid dienone is 1. The van der Waals surface area contributed by atoms with Crippen molar-refractivity contribution in [2.24, 2.45) is 0 Å². The SMILES string of the molecule is O=C(/C=C\c1ccc(OC(=O)c2ccco2)cc1)c1ccccc1. The Bertz CT molecular complexity index is 844. The molecule has 0 N–H and O–H groups in total. The molecule has 0 fully saturated rings. The molecule has 118 valence electrons. The van der Waals surface area contributed by atoms with Crippen LogP contribution in [0.1, 0.15) is 26.5 Å². The summed E-state index contributed by atoms with van der Waals surface area (Å²) >= 11 is 0. The quantitative estimate of drug-likeness (QED) is 0.303. The largest absolute Gasteiger partial charge is 0.457 e. The zero-order chi connectivity index (χ0) is 16.8. The van der Waals surface area contributed by atoms with Gasteiger partial charge in [0.1, 0.15) is 5.75 Å². The molecule has 0 atom stereocenters. The summed E-state index contributed by atoms with van der Waals surface area (Å²) in [6.45, 7) is 0. The number of hydrogen-bond acceptors (Lipinski definition) is 4. The van der Waals surface area contributed by atoms with Gasteiger partial charge in [0.05, 0.1) is 6.26 Å². The van der Waals surface area contributed by atoms with Crippen molar-refractivity contribution in [2.45, 2.75) is 0 Å². The van der Waals surface area contributed by atoms with Crippen LogP contribution in [0.15, 0.2) is 83.5 Å². The van der Waals surface area contributed by atoms with E-state index in [1.54, 1.807) is 48.5 Å². The molecular weight excluding hydrogens is 304 g/mol. The molecule has 0 aliphatic rings. The third-order valence-electron chi connectivity index (χ3n) is 3.30. The molecule has 0 amide bonds. The molecule has 4 nitrogen and oxygen atoms in total. The monoisotopic (exact) mass is 318 g/mol. The molecule has 0 unspecified atom stereocenters. The average Bonchev–Trinajstić information content (AvgIpc) is 3.16. The summed E-state index contributed by atoms with van der Waals surface area (Å²) < 4.78 is 10.2. The third kappa shape index (κ3) is 3.87. The smallest absolute Gasteiger partial charge is 0.379 e. The van der Waals surface area contributed by atoms with E-state index in [0.717, 1.165) is 5.56 Å². The highest BCUT2D eigenvalue weighted by atomic mass is 16.5. The molecule has 3 rings (SSSR count). The summed E-state index contributed by atoms with van der Waals surface area (Å²) in [5.74, 6) is -0.0677. The molecule has 0 aliphatic carbocycles. The second-order valence-corrected chi connectivity index (χ2v) is 5.00. The fourth-order valence-electron chi connectivity index (χ4n) is 2.07. The lowest BCUT2D eigenvalue weighted by Gasteiger charge is -2.02. The van der Waals surface area contributed by atoms with Gasteiger partial charge in [0.15, 0.2) is 5.78 Å². The average molecular weight is 318 g/mol. The molecule has 0 saturated carbocycles. The first-order valence-electron chi connectivity index (χ1n) is 7.35. The van der Waals surface area contributed by atoms with Crippen molar-refractivity contribution in [1.82, 2.24) is 0 Å². The zero-order valence-corrected chi connectivity index (χ0v) is 12.7. The van der Waals surface area contributed by atoms with Crippen molar-refractivity contribution < 1.29 is 18.7 Å². The molecule has 24 heavy (non-hydrogen) atoms. The van der Waals surface area contributed by atoms with Gasteiger partial charge in [0.2, 0.25) is 5.76 Å². The van der Waals surface area contributed by atoms with Crippen LogP contribution in [-0.4, -0.2) is 11.8 Å². The lowest BCUT2D eigenvalue weighted by molar-refractivity contribution is 0.0701. The normalized spacial score (nSPS) is 10.7. The van der Waals surface area contributed by atoms with Crippen LogP contribution in [-0.2, 0) is 0 Å². The van der Waals surface area contributed by atoms with Gasteiger partial charge >= 0.3 is 5.97 Å². The predicted molar refractivity (Wildman–Crippen MR) is 89.9 cm³/mol. The topological polar surface area (TPSA) is 56.5 Å². The Hall–Kier alpha value is -3.40. The Morgan fingerprint density at radius 3 is 2.29 bits per heavy atom. The Morgan fingerprint density at radius 2 is 1.62 bits per heavy atom. The van der Waals surface area contributed by atoms with Gasteiger partial charge in [0.25, 0.3) is 0 Å². The van der Waals surface area contributed by atoms with Crippen LogP contribution in [0.2, 0.25) is 0 Å². The van der Waals surface area contributed by atoms with E-state index in [0.29, 0.717) is 11.3 Å². The van der Waals surface area contributed by atoms with E-state index < -0.39 is 5.97 Å². The summed E-state index contributed by atoms with van der Waals surface area (Å²) in [4.78, 5) is 23.8. The molecule has 0 aliphatic heterocycles. The molecule has 0 spiro atoms. The van der Waals surface area contributed by atoms with E-state index >= 15 is 0 Å². The number of hydrogen-bond donors (Lipinski definition) is 0. The van der Waals surface area contributed by atoms with E-state index in [9.17, 15) is 9.59 Å². The van der Waals surface area contributed by atoms with Gasteiger partial charge in [-0.1, -0.05) is 48.5 Å². The summed E-state index contributed by atoms with van der Waals surface area (Å²) in [7, 11) is 0. The van der Waals surface area contributed by atoms with Gasteiger partial charge in [-0.3, -0.25) is 4.79 Å². The first kappa shape index (κ1) is 15.5. The Labute approximate surface area is 139 Å². The van der Waals surface area contributed by atoms with E-state index in [1.165, 1.54) is 18.4 Å². The Morgan fingerprint density at radius 1 is 0.875 bits per heavy atom. The van der Waals surface area contributed by atoms with Crippen LogP contribution in [0.25, 0.3) is 6.08 Å². The number of furan rings is 1. The first-order chi connectivity index (χ1) is 11.7. The maximum atomic E-state index is 12.0. The minimum Gasteiger partial charge on any atom is -0.457 e. The van der Waals surface area contributed by atoms with E-state index in [2.05, 4.69) is 0 Å². The van der Waals surface area contributed by atoms with Crippen LogP contribution < -0.4 is 4.74 Å². The number of carbonyl (C=O) groups excluding carboxylic acids is 2. The van der Waals surface area contributed by atoms with E-state index in [4.69, 9.17) is 9.15 Å². The van der Waals surface area contributed by atoms with Crippen molar-refractivity contribution in [3.05, 3.63) is 96.0 Å². The highest BCUT2D eigenvalue weighted by Crippen LogP contribution is 2.15. The van der Waals surface area contributed by atoms with Gasteiger partial charge in [-0.15, -0.1) is 0 Å². The van der Waals surface area contributed by atoms with Crippen LogP contribution in [0.4, 0.5) is 0 Å². The molecular formula is C20H14O4. The number of carbonyl (C=O) groups is 2. The Kier molecular flexibility index (Phi) is 4.68. The molecule has 0 bridgehead atoms. The molecule has 0 radical (unpaired) electrons. The van der Waals surface area contributed by atoms with Crippen LogP contribution in [0.3, 0.4) is 0 Å². The first-order valence-corrected chi connectivity index (χ1v) is 7.35. The Balaban J connectivity index is 1.63. The molecule has 1 heterocycles. The molecule has 0 saturated heterocycles. The zero-order valence-electron chi connectivity index (χ0n) is 12.7. The predicted octanol–water partition coefficient (Wildman–Crippen LogP) is 4.39. The number of ether oxygens (including phenoxy) is 1. The minimum absolute atomic E-state index is 0.0658. The summed E-state index contributed by atoms with van der Waals surface area (Å²) in [6.07, 6.45) is 4.64. The summed E-state index contributed by atoms with van der Waals surface area (Å²) in [6, 6.07) is 19.0. The summed E-state index contributed by atoms with van der Waals surface area (Å²) in [5, 5.41) is 0. The van der Waals surface area contributed by atoms with Gasteiger partial charge in [0, 0.05) is 5.56 Å². The fourth-order valence-corrected chi connectivity index (χ4v) is 2.07. The molecule has 3 aromatic rings. The van der Waals surface area contributed by atoms with Gasteiger partial charge in [-0.25, -0.2) is 4.79 Å². The minimum atomic E-state index is -0.553. The third-order valence-corrected chi connectivity index (χ3v) is 3.30. The van der Waals surface area contributed by atoms with E-state index in [1.807, 2.05) is 18.2 Å². The second kappa shape index (κ2) is 7.24. The fraction of sp³-hybridized carbons (Fsp3) is 0. The summed E-state index contributed by atoms with van der Waals surface area (Å²) in [5.41, 5.74) is 1.47. The standard InChI is InChI=1S/C20H14O4/c21-18(16-5-2-1-3-6-16)13-10-15-8-11-17(12-9-15)24-20(22)19-7-4-14-23-19/h1-14H/b13-10-. The maximum Gasteiger partial charge on any atom is 0.379 e. The van der Waals surface area contributed by atoms with Gasteiger partial charge in [-0.05, 0) is 35.9 Å². The molecule has 4 heteroatoms. The molecule has 2 aromatic carbocycles. The number of rotatable bonds is 5. The van der Waals surface area contributed by atoms with Crippen molar-refractivity contribution >= 4 is 17.8 Å². The maximum absolute atomic E-state index is 12.0. The van der Waals surface area contributed by atoms with Crippen molar-refractivity contribution in [2.75, 3.05) is 0 Å². The van der Waals surface area contributed by atoms with Crippen LogP contribution >= 0.6 is 0 Å². The van der Waals surface area contributed by atoms with Crippen molar-refractivity contribution in [1.29, 1.82) is 0 Å². The highest BCUT2D eigenvalue weighted by Gasteiger charge is 2.10. The second-order valence-electron chi connectivity index (χ2n) is 5.00.